The average molecular weight is 287 g/mol. The summed E-state index contributed by atoms with van der Waals surface area (Å²) in [5.74, 6) is 0.122. The van der Waals surface area contributed by atoms with Crippen molar-refractivity contribution < 1.29 is 4.79 Å². The maximum atomic E-state index is 12.5. The van der Waals surface area contributed by atoms with Crippen molar-refractivity contribution in [1.29, 1.82) is 0 Å². The molecule has 0 radical (unpaired) electrons. The zero-order chi connectivity index (χ0) is 13.9. The van der Waals surface area contributed by atoms with Gasteiger partial charge in [0.25, 0.3) is 5.91 Å². The van der Waals surface area contributed by atoms with Gasteiger partial charge in [-0.15, -0.1) is 11.3 Å². The van der Waals surface area contributed by atoms with E-state index in [1.54, 1.807) is 17.5 Å². The van der Waals surface area contributed by atoms with Gasteiger partial charge in [-0.3, -0.25) is 4.79 Å². The first-order valence-electron chi connectivity index (χ1n) is 6.72. The zero-order valence-electron chi connectivity index (χ0n) is 11.5. The number of hydrogen-bond acceptors (Lipinski definition) is 4. The second-order valence-corrected chi connectivity index (χ2v) is 5.91. The number of benzene rings is 1. The molecule has 0 aliphatic carbocycles. The van der Waals surface area contributed by atoms with Crippen molar-refractivity contribution in [2.45, 2.75) is 0 Å². The Bertz CT molecular complexity index is 589. The van der Waals surface area contributed by atoms with E-state index >= 15 is 0 Å². The van der Waals surface area contributed by atoms with Crippen LogP contribution in [0.5, 0.6) is 0 Å². The molecule has 0 atom stereocenters. The van der Waals surface area contributed by atoms with Crippen molar-refractivity contribution in [3.63, 3.8) is 0 Å². The fraction of sp³-hybridized carbons (Fsp3) is 0.333. The second-order valence-electron chi connectivity index (χ2n) is 5.01. The van der Waals surface area contributed by atoms with Crippen LogP contribution in [-0.2, 0) is 0 Å². The van der Waals surface area contributed by atoms with E-state index in [-0.39, 0.29) is 5.91 Å². The molecule has 0 spiro atoms. The van der Waals surface area contributed by atoms with E-state index in [1.165, 1.54) is 0 Å². The van der Waals surface area contributed by atoms with Crippen LogP contribution >= 0.6 is 11.3 Å². The fourth-order valence-corrected chi connectivity index (χ4v) is 2.98. The van der Waals surface area contributed by atoms with Crippen molar-refractivity contribution in [1.82, 2.24) is 14.8 Å². The van der Waals surface area contributed by atoms with Crippen LogP contribution < -0.4 is 0 Å². The van der Waals surface area contributed by atoms with Gasteiger partial charge in [0, 0.05) is 48.9 Å². The number of hydrogen-bond donors (Lipinski definition) is 0. The summed E-state index contributed by atoms with van der Waals surface area (Å²) in [6.45, 7) is 3.49. The summed E-state index contributed by atoms with van der Waals surface area (Å²) in [6, 6.07) is 7.76. The highest BCUT2D eigenvalue weighted by molar-refractivity contribution is 7.13. The molecule has 0 unspecified atom stereocenters. The van der Waals surface area contributed by atoms with Gasteiger partial charge >= 0.3 is 0 Å². The predicted molar refractivity (Wildman–Crippen MR) is 81.0 cm³/mol. The summed E-state index contributed by atoms with van der Waals surface area (Å²) in [6.07, 6.45) is 1.79. The number of rotatable bonds is 2. The van der Waals surface area contributed by atoms with Crippen LogP contribution in [0.4, 0.5) is 0 Å². The lowest BCUT2D eigenvalue weighted by atomic mass is 10.1. The van der Waals surface area contributed by atoms with Gasteiger partial charge in [0.1, 0.15) is 5.01 Å². The smallest absolute Gasteiger partial charge is 0.253 e. The molecule has 1 saturated heterocycles. The van der Waals surface area contributed by atoms with E-state index in [1.807, 2.05) is 34.5 Å². The number of likely N-dealkylation sites (N-methyl/N-ethyl adjacent to an activating group) is 1. The Kier molecular flexibility index (Phi) is 3.80. The Morgan fingerprint density at radius 3 is 2.75 bits per heavy atom. The Morgan fingerprint density at radius 1 is 1.25 bits per heavy atom. The standard InChI is InChI=1S/C15H17N3OS/c1-17-6-8-18(9-7-17)15(19)13-4-2-3-12(11-13)14-16-5-10-20-14/h2-5,10-11H,6-9H2,1H3. The molecule has 0 saturated carbocycles. The lowest BCUT2D eigenvalue weighted by Gasteiger charge is -2.32. The summed E-state index contributed by atoms with van der Waals surface area (Å²) in [5.41, 5.74) is 1.77. The largest absolute Gasteiger partial charge is 0.336 e. The minimum absolute atomic E-state index is 0.122. The minimum atomic E-state index is 0.122. The maximum absolute atomic E-state index is 12.5. The van der Waals surface area contributed by atoms with Crippen molar-refractivity contribution in [3.05, 3.63) is 41.4 Å². The molecule has 1 amide bonds. The van der Waals surface area contributed by atoms with Gasteiger partial charge in [-0.1, -0.05) is 12.1 Å². The number of amides is 1. The molecule has 1 aliphatic heterocycles. The van der Waals surface area contributed by atoms with Crippen LogP contribution in [0.2, 0.25) is 0 Å². The normalized spacial score (nSPS) is 16.4. The quantitative estimate of drug-likeness (QED) is 0.849. The third-order valence-electron chi connectivity index (χ3n) is 3.58. The Morgan fingerprint density at radius 2 is 2.05 bits per heavy atom. The SMILES string of the molecule is CN1CCN(C(=O)c2cccc(-c3nccs3)c2)CC1. The van der Waals surface area contributed by atoms with Crippen LogP contribution in [0.1, 0.15) is 10.4 Å². The predicted octanol–water partition coefficient (Wildman–Crippen LogP) is 2.20. The molecule has 3 rings (SSSR count). The summed E-state index contributed by atoms with van der Waals surface area (Å²) in [7, 11) is 2.09. The summed E-state index contributed by atoms with van der Waals surface area (Å²) in [5, 5.41) is 2.91. The molecule has 4 nitrogen and oxygen atoms in total. The third-order valence-corrected chi connectivity index (χ3v) is 4.40. The average Bonchev–Trinajstić information content (AvgIpc) is 3.02. The second kappa shape index (κ2) is 5.73. The number of aromatic nitrogens is 1. The molecule has 104 valence electrons. The number of nitrogens with zero attached hydrogens (tertiary/aromatic N) is 3. The molecule has 0 bridgehead atoms. The highest BCUT2D eigenvalue weighted by atomic mass is 32.1. The molecule has 1 aliphatic rings. The first kappa shape index (κ1) is 13.3. The van der Waals surface area contributed by atoms with Gasteiger partial charge in [-0.05, 0) is 19.2 Å². The van der Waals surface area contributed by atoms with Gasteiger partial charge in [0.2, 0.25) is 0 Å². The molecule has 0 N–H and O–H groups in total. The lowest BCUT2D eigenvalue weighted by Crippen LogP contribution is -2.47. The third kappa shape index (κ3) is 2.73. The Hall–Kier alpha value is -1.72. The van der Waals surface area contributed by atoms with Crippen LogP contribution in [0, 0.1) is 0 Å². The number of carbonyl (C=O) groups excluding carboxylic acids is 1. The van der Waals surface area contributed by atoms with E-state index in [0.717, 1.165) is 42.3 Å². The molecular formula is C15H17N3OS. The number of carbonyl (C=O) groups is 1. The Balaban J connectivity index is 1.80. The summed E-state index contributed by atoms with van der Waals surface area (Å²) in [4.78, 5) is 21.0. The topological polar surface area (TPSA) is 36.4 Å². The molecular weight excluding hydrogens is 270 g/mol. The van der Waals surface area contributed by atoms with Crippen molar-refractivity contribution in [2.24, 2.45) is 0 Å². The Labute approximate surface area is 122 Å². The van der Waals surface area contributed by atoms with E-state index in [0.29, 0.717) is 0 Å². The molecule has 20 heavy (non-hydrogen) atoms. The molecule has 2 aromatic rings. The number of thiazole rings is 1. The molecule has 2 heterocycles. The van der Waals surface area contributed by atoms with Crippen LogP contribution in [0.3, 0.4) is 0 Å². The molecule has 1 aromatic carbocycles. The van der Waals surface area contributed by atoms with Crippen molar-refractivity contribution in [2.75, 3.05) is 33.2 Å². The molecule has 5 heteroatoms. The lowest BCUT2D eigenvalue weighted by molar-refractivity contribution is 0.0664. The van der Waals surface area contributed by atoms with E-state index in [2.05, 4.69) is 16.9 Å². The zero-order valence-corrected chi connectivity index (χ0v) is 12.3. The van der Waals surface area contributed by atoms with Gasteiger partial charge in [0.15, 0.2) is 0 Å². The summed E-state index contributed by atoms with van der Waals surface area (Å²) < 4.78 is 0. The minimum Gasteiger partial charge on any atom is -0.336 e. The van der Waals surface area contributed by atoms with Crippen LogP contribution in [0.25, 0.3) is 10.6 Å². The van der Waals surface area contributed by atoms with E-state index in [4.69, 9.17) is 0 Å². The highest BCUT2D eigenvalue weighted by Crippen LogP contribution is 2.23. The molecule has 1 aromatic heterocycles. The van der Waals surface area contributed by atoms with Crippen molar-refractivity contribution >= 4 is 17.2 Å². The first-order chi connectivity index (χ1) is 9.74. The van der Waals surface area contributed by atoms with Gasteiger partial charge in [0.05, 0.1) is 0 Å². The number of piperazine rings is 1. The fourth-order valence-electron chi connectivity index (χ4n) is 2.34. The van der Waals surface area contributed by atoms with Crippen LogP contribution in [-0.4, -0.2) is 53.9 Å². The first-order valence-corrected chi connectivity index (χ1v) is 7.60. The van der Waals surface area contributed by atoms with E-state index < -0.39 is 0 Å². The monoisotopic (exact) mass is 287 g/mol. The van der Waals surface area contributed by atoms with Gasteiger partial charge < -0.3 is 9.80 Å². The van der Waals surface area contributed by atoms with Crippen LogP contribution in [0.15, 0.2) is 35.8 Å². The van der Waals surface area contributed by atoms with Crippen molar-refractivity contribution in [3.8, 4) is 10.6 Å². The summed E-state index contributed by atoms with van der Waals surface area (Å²) >= 11 is 1.59. The van der Waals surface area contributed by atoms with Gasteiger partial charge in [-0.25, -0.2) is 4.98 Å². The molecule has 1 fully saturated rings. The maximum Gasteiger partial charge on any atom is 0.253 e. The van der Waals surface area contributed by atoms with Gasteiger partial charge in [-0.2, -0.15) is 0 Å². The van der Waals surface area contributed by atoms with E-state index in [9.17, 15) is 4.79 Å². The highest BCUT2D eigenvalue weighted by Gasteiger charge is 2.20.